The quantitative estimate of drug-likeness (QED) is 0.0960. The van der Waals surface area contributed by atoms with Gasteiger partial charge in [-0.2, -0.15) is 5.10 Å². The van der Waals surface area contributed by atoms with E-state index in [9.17, 15) is 19.7 Å². The Morgan fingerprint density at radius 1 is 1.12 bits per heavy atom. The Bertz CT molecular complexity index is 1620. The number of furan rings is 1. The first-order valence-electron chi connectivity index (χ1n) is 12.6. The first-order chi connectivity index (χ1) is 20.1. The van der Waals surface area contributed by atoms with E-state index in [-0.39, 0.29) is 23.7 Å². The molecule has 0 bridgehead atoms. The maximum Gasteiger partial charge on any atom is 0.346 e. The van der Waals surface area contributed by atoms with Crippen LogP contribution in [-0.2, 0) is 16.1 Å². The molecule has 0 saturated carbocycles. The Morgan fingerprint density at radius 3 is 2.45 bits per heavy atom. The Hall–Kier alpha value is -4.91. The largest absolute Gasteiger partial charge is 0.486 e. The number of amides is 1. The second kappa shape index (κ2) is 13.2. The molecule has 2 aromatic carbocycles. The van der Waals surface area contributed by atoms with Gasteiger partial charge in [0.25, 0.3) is 0 Å². The van der Waals surface area contributed by atoms with Gasteiger partial charge < -0.3 is 23.2 Å². The van der Waals surface area contributed by atoms with Crippen molar-refractivity contribution >= 4 is 39.7 Å². The lowest BCUT2D eigenvalue weighted by molar-refractivity contribution is -0.386. The van der Waals surface area contributed by atoms with E-state index in [4.69, 9.17) is 13.9 Å². The summed E-state index contributed by atoms with van der Waals surface area (Å²) in [5.74, 6) is -0.565. The molecule has 1 atom stereocenters. The summed E-state index contributed by atoms with van der Waals surface area (Å²) in [5.41, 5.74) is 5.32. The number of carbonyl (C=O) groups is 2. The fourth-order valence-electron chi connectivity index (χ4n) is 4.07. The molecule has 0 saturated heterocycles. The third-order valence-electron chi connectivity index (χ3n) is 6.09. The molecule has 218 valence electrons. The summed E-state index contributed by atoms with van der Waals surface area (Å²) in [6, 6.07) is 17.5. The lowest BCUT2D eigenvalue weighted by Crippen LogP contribution is -2.26. The number of aromatic nitrogens is 1. The van der Waals surface area contributed by atoms with Crippen LogP contribution < -0.4 is 14.9 Å². The van der Waals surface area contributed by atoms with E-state index in [0.29, 0.717) is 16.0 Å². The zero-order chi connectivity index (χ0) is 30.4. The van der Waals surface area contributed by atoms with Gasteiger partial charge in [-0.3, -0.25) is 14.9 Å². The van der Waals surface area contributed by atoms with Crippen LogP contribution >= 0.6 is 15.9 Å². The Balaban J connectivity index is 1.39. The number of esters is 1. The zero-order valence-electron chi connectivity index (χ0n) is 23.1. The van der Waals surface area contributed by atoms with Crippen LogP contribution in [0.2, 0.25) is 0 Å². The van der Waals surface area contributed by atoms with E-state index >= 15 is 0 Å². The van der Waals surface area contributed by atoms with E-state index in [1.54, 1.807) is 6.07 Å². The number of hydrogen-bond donors (Lipinski definition) is 1. The Labute approximate surface area is 249 Å². The SMILES string of the molecule is COC(=O)[C@@H](C)Oc1c(/C=N/NC(=O)c2ccc(COc3ccc(-n4c(C)ccc4C)cc3)o2)cc(Br)cc1[N+](=O)[O-]. The van der Waals surface area contributed by atoms with Crippen LogP contribution in [0.15, 0.2) is 74.7 Å². The predicted octanol–water partition coefficient (Wildman–Crippen LogP) is 5.64. The molecule has 1 amide bonds. The van der Waals surface area contributed by atoms with E-state index in [0.717, 1.165) is 23.3 Å². The topological polar surface area (TPSA) is 147 Å². The molecule has 0 spiro atoms. The lowest BCUT2D eigenvalue weighted by atomic mass is 10.2. The molecule has 13 heteroatoms. The molecule has 42 heavy (non-hydrogen) atoms. The van der Waals surface area contributed by atoms with Gasteiger partial charge in [-0.25, -0.2) is 10.2 Å². The van der Waals surface area contributed by atoms with Gasteiger partial charge in [-0.05, 0) is 75.4 Å². The number of benzene rings is 2. The monoisotopic (exact) mass is 638 g/mol. The highest BCUT2D eigenvalue weighted by atomic mass is 79.9. The van der Waals surface area contributed by atoms with Gasteiger partial charge in [-0.15, -0.1) is 0 Å². The predicted molar refractivity (Wildman–Crippen MR) is 156 cm³/mol. The van der Waals surface area contributed by atoms with Crippen molar-refractivity contribution in [2.24, 2.45) is 5.10 Å². The zero-order valence-corrected chi connectivity index (χ0v) is 24.7. The van der Waals surface area contributed by atoms with E-state index in [1.807, 2.05) is 38.1 Å². The normalized spacial score (nSPS) is 11.7. The minimum absolute atomic E-state index is 0.0179. The second-order valence-corrected chi connectivity index (χ2v) is 10.00. The van der Waals surface area contributed by atoms with Crippen molar-refractivity contribution in [3.8, 4) is 17.2 Å². The number of rotatable bonds is 11. The molecule has 0 unspecified atom stereocenters. The first kappa shape index (κ1) is 30.1. The average Bonchev–Trinajstić information content (AvgIpc) is 3.58. The number of hydrogen-bond acceptors (Lipinski definition) is 9. The van der Waals surface area contributed by atoms with Gasteiger partial charge in [0.05, 0.1) is 18.2 Å². The number of halogens is 1. The molecular formula is C29H27BrN4O8. The average molecular weight is 639 g/mol. The van der Waals surface area contributed by atoms with Gasteiger partial charge in [0.15, 0.2) is 11.9 Å². The summed E-state index contributed by atoms with van der Waals surface area (Å²) in [6.07, 6.45) is 0.0218. The van der Waals surface area contributed by atoms with E-state index in [2.05, 4.69) is 47.9 Å². The van der Waals surface area contributed by atoms with Crippen molar-refractivity contribution < 1.29 is 33.1 Å². The van der Waals surface area contributed by atoms with Gasteiger partial charge in [0, 0.05) is 33.2 Å². The maximum absolute atomic E-state index is 12.6. The lowest BCUT2D eigenvalue weighted by Gasteiger charge is -2.14. The van der Waals surface area contributed by atoms with Crippen LogP contribution in [0.1, 0.15) is 40.2 Å². The standard InChI is InChI=1S/C29H27BrN4O8/c1-17-5-6-18(2)33(17)22-7-9-23(10-8-22)40-16-24-11-12-26(42-24)28(35)32-31-15-20-13-21(30)14-25(34(37)38)27(20)41-19(3)29(36)39-4/h5-15,19H,16H2,1-4H3,(H,32,35)/b31-15+/t19-/m1/s1. The summed E-state index contributed by atoms with van der Waals surface area (Å²) in [6.45, 7) is 5.57. The number of nitro benzene ring substituents is 1. The van der Waals surface area contributed by atoms with E-state index < -0.39 is 28.6 Å². The molecule has 1 N–H and O–H groups in total. The minimum atomic E-state index is -1.13. The highest BCUT2D eigenvalue weighted by molar-refractivity contribution is 9.10. The molecule has 0 aliphatic heterocycles. The van der Waals surface area contributed by atoms with Crippen molar-refractivity contribution in [2.75, 3.05) is 7.11 Å². The first-order valence-corrected chi connectivity index (χ1v) is 13.4. The molecule has 0 fully saturated rings. The van der Waals surface area contributed by atoms with Crippen molar-refractivity contribution in [3.05, 3.63) is 104 Å². The summed E-state index contributed by atoms with van der Waals surface area (Å²) < 4.78 is 24.0. The molecule has 0 radical (unpaired) electrons. The van der Waals surface area contributed by atoms with Crippen LogP contribution in [0.25, 0.3) is 5.69 Å². The van der Waals surface area contributed by atoms with Crippen LogP contribution in [0.3, 0.4) is 0 Å². The van der Waals surface area contributed by atoms with Gasteiger partial charge in [0.2, 0.25) is 5.75 Å². The summed E-state index contributed by atoms with van der Waals surface area (Å²) in [4.78, 5) is 35.3. The van der Waals surface area contributed by atoms with Crippen molar-refractivity contribution in [3.63, 3.8) is 0 Å². The number of nitrogens with one attached hydrogen (secondary N) is 1. The number of nitro groups is 1. The van der Waals surface area contributed by atoms with Crippen molar-refractivity contribution in [1.29, 1.82) is 0 Å². The molecule has 0 aliphatic carbocycles. The highest BCUT2D eigenvalue weighted by Gasteiger charge is 2.25. The number of nitrogens with zero attached hydrogens (tertiary/aromatic N) is 3. The van der Waals surface area contributed by atoms with Crippen molar-refractivity contribution in [1.82, 2.24) is 9.99 Å². The number of carbonyl (C=O) groups excluding carboxylic acids is 2. The van der Waals surface area contributed by atoms with Crippen LogP contribution in [0.5, 0.6) is 11.5 Å². The smallest absolute Gasteiger partial charge is 0.346 e. The number of aryl methyl sites for hydroxylation is 2. The summed E-state index contributed by atoms with van der Waals surface area (Å²) in [7, 11) is 1.17. The fraction of sp³-hybridized carbons (Fsp3) is 0.207. The molecule has 2 aromatic heterocycles. The molecule has 0 aliphatic rings. The maximum atomic E-state index is 12.6. The molecule has 4 aromatic rings. The molecule has 2 heterocycles. The molecule has 12 nitrogen and oxygen atoms in total. The van der Waals surface area contributed by atoms with Gasteiger partial charge in [0.1, 0.15) is 18.1 Å². The van der Waals surface area contributed by atoms with Gasteiger partial charge in [-0.1, -0.05) is 15.9 Å². The third-order valence-corrected chi connectivity index (χ3v) is 6.55. The Morgan fingerprint density at radius 2 is 1.81 bits per heavy atom. The third kappa shape index (κ3) is 7.04. The summed E-state index contributed by atoms with van der Waals surface area (Å²) >= 11 is 3.21. The summed E-state index contributed by atoms with van der Waals surface area (Å²) in [5, 5.41) is 15.5. The number of hydrazone groups is 1. The molecular weight excluding hydrogens is 612 g/mol. The van der Waals surface area contributed by atoms with Gasteiger partial charge >= 0.3 is 17.6 Å². The van der Waals surface area contributed by atoms with Crippen LogP contribution in [0.4, 0.5) is 5.69 Å². The number of methoxy groups -OCH3 is 1. The highest BCUT2D eigenvalue weighted by Crippen LogP contribution is 2.34. The Kier molecular flexibility index (Phi) is 9.42. The van der Waals surface area contributed by atoms with Crippen molar-refractivity contribution in [2.45, 2.75) is 33.5 Å². The second-order valence-electron chi connectivity index (χ2n) is 9.08. The molecule has 4 rings (SSSR count). The number of ether oxygens (including phenoxy) is 3. The van der Waals surface area contributed by atoms with Crippen LogP contribution in [0, 0.1) is 24.0 Å². The fourth-order valence-corrected chi connectivity index (χ4v) is 4.53. The van der Waals surface area contributed by atoms with E-state index in [1.165, 1.54) is 32.2 Å². The van der Waals surface area contributed by atoms with Crippen LogP contribution in [-0.4, -0.2) is 40.8 Å². The minimum Gasteiger partial charge on any atom is -0.486 e.